The number of ether oxygens (including phenoxy) is 2. The highest BCUT2D eigenvalue weighted by Gasteiger charge is 2.40. The second-order valence-corrected chi connectivity index (χ2v) is 7.90. The number of alkyl halides is 3. The van der Waals surface area contributed by atoms with Crippen LogP contribution in [0.5, 0.6) is 0 Å². The molecule has 0 aliphatic carbocycles. The zero-order chi connectivity index (χ0) is 20.6. The topological polar surface area (TPSA) is 59.1 Å². The van der Waals surface area contributed by atoms with Crippen molar-refractivity contribution in [3.8, 4) is 0 Å². The van der Waals surface area contributed by atoms with E-state index in [0.29, 0.717) is 38.2 Å². The third-order valence-corrected chi connectivity index (χ3v) is 5.77. The summed E-state index contributed by atoms with van der Waals surface area (Å²) in [5.41, 5.74) is -0.0256. The van der Waals surface area contributed by atoms with Gasteiger partial charge in [0.25, 0.3) is 0 Å². The molecule has 0 bridgehead atoms. The molecule has 3 aliphatic rings. The average molecular weight is 412 g/mol. The SMILES string of the molecule is O=C1CO[C@H]2CCN(C(=O)N3CC(OCc4ccc(C(F)(F)F)cc4)C3)C[C@H]2C1. The first-order valence-electron chi connectivity index (χ1n) is 9.74. The molecule has 0 aromatic heterocycles. The number of Topliss-reactive ketones (excluding diaryl/α,β-unsaturated/α-hetero) is 1. The Hall–Kier alpha value is -2.13. The number of ketones is 1. The van der Waals surface area contributed by atoms with Gasteiger partial charge in [0, 0.05) is 25.4 Å². The smallest absolute Gasteiger partial charge is 0.370 e. The summed E-state index contributed by atoms with van der Waals surface area (Å²) in [5.74, 6) is 0.156. The molecule has 29 heavy (non-hydrogen) atoms. The van der Waals surface area contributed by atoms with Crippen molar-refractivity contribution in [2.45, 2.75) is 37.8 Å². The molecule has 0 saturated carbocycles. The molecular formula is C20H23F3N2O4. The Bertz CT molecular complexity index is 762. The van der Waals surface area contributed by atoms with E-state index in [9.17, 15) is 22.8 Å². The maximum Gasteiger partial charge on any atom is 0.416 e. The van der Waals surface area contributed by atoms with Crippen LogP contribution in [0.2, 0.25) is 0 Å². The Morgan fingerprint density at radius 3 is 2.55 bits per heavy atom. The van der Waals surface area contributed by atoms with Gasteiger partial charge >= 0.3 is 12.2 Å². The first-order valence-corrected chi connectivity index (χ1v) is 9.74. The lowest BCUT2D eigenvalue weighted by Gasteiger charge is -2.45. The first-order chi connectivity index (χ1) is 13.8. The van der Waals surface area contributed by atoms with Crippen molar-refractivity contribution in [2.24, 2.45) is 5.92 Å². The van der Waals surface area contributed by atoms with Gasteiger partial charge in [-0.2, -0.15) is 13.2 Å². The maximum absolute atomic E-state index is 12.7. The number of likely N-dealkylation sites (tertiary alicyclic amines) is 2. The van der Waals surface area contributed by atoms with Crippen LogP contribution in [0.4, 0.5) is 18.0 Å². The Morgan fingerprint density at radius 1 is 1.14 bits per heavy atom. The van der Waals surface area contributed by atoms with Crippen molar-refractivity contribution < 1.29 is 32.2 Å². The van der Waals surface area contributed by atoms with Crippen LogP contribution < -0.4 is 0 Å². The fraction of sp³-hybridized carbons (Fsp3) is 0.600. The molecule has 3 aliphatic heterocycles. The molecule has 6 nitrogen and oxygen atoms in total. The minimum absolute atomic E-state index is 0.0594. The summed E-state index contributed by atoms with van der Waals surface area (Å²) in [6.07, 6.45) is -3.20. The van der Waals surface area contributed by atoms with Gasteiger partial charge < -0.3 is 19.3 Å². The summed E-state index contributed by atoms with van der Waals surface area (Å²) in [6, 6.07) is 4.83. The molecule has 0 spiro atoms. The Labute approximate surface area is 166 Å². The van der Waals surface area contributed by atoms with E-state index in [-0.39, 0.29) is 43.2 Å². The number of benzene rings is 1. The molecule has 0 N–H and O–H groups in total. The molecule has 1 aromatic rings. The minimum atomic E-state index is -4.35. The van der Waals surface area contributed by atoms with E-state index in [4.69, 9.17) is 9.47 Å². The molecule has 3 saturated heterocycles. The van der Waals surface area contributed by atoms with Crippen molar-refractivity contribution >= 4 is 11.8 Å². The number of fused-ring (bicyclic) bond motifs is 1. The van der Waals surface area contributed by atoms with Gasteiger partial charge in [0.2, 0.25) is 0 Å². The van der Waals surface area contributed by atoms with Gasteiger partial charge in [-0.15, -0.1) is 0 Å². The zero-order valence-corrected chi connectivity index (χ0v) is 15.9. The van der Waals surface area contributed by atoms with Crippen LogP contribution in [0.1, 0.15) is 24.0 Å². The number of carbonyl (C=O) groups excluding carboxylic acids is 2. The number of halogens is 3. The predicted molar refractivity (Wildman–Crippen MR) is 96.0 cm³/mol. The summed E-state index contributed by atoms with van der Waals surface area (Å²) in [6.45, 7) is 2.44. The van der Waals surface area contributed by atoms with Crippen LogP contribution in [0.15, 0.2) is 24.3 Å². The molecule has 2 atom stereocenters. The van der Waals surface area contributed by atoms with Crippen LogP contribution in [-0.2, 0) is 27.1 Å². The standard InChI is InChI=1S/C20H23F3N2O4/c21-20(22,23)15-3-1-13(2-4-15)11-28-17-9-25(10-17)19(27)24-6-5-18-14(8-24)7-16(26)12-29-18/h1-4,14,17-18H,5-12H2/t14-,18+/m1/s1. The molecule has 4 rings (SSSR count). The molecule has 0 radical (unpaired) electrons. The van der Waals surface area contributed by atoms with Crippen molar-refractivity contribution in [3.05, 3.63) is 35.4 Å². The van der Waals surface area contributed by atoms with Gasteiger partial charge in [0.15, 0.2) is 5.78 Å². The number of amides is 2. The number of hydrogen-bond acceptors (Lipinski definition) is 4. The van der Waals surface area contributed by atoms with Gasteiger partial charge in [0.05, 0.1) is 37.5 Å². The van der Waals surface area contributed by atoms with Crippen LogP contribution in [0.25, 0.3) is 0 Å². The van der Waals surface area contributed by atoms with E-state index in [1.54, 1.807) is 9.80 Å². The lowest BCUT2D eigenvalue weighted by molar-refractivity contribution is -0.140. The minimum Gasteiger partial charge on any atom is -0.370 e. The third-order valence-electron chi connectivity index (χ3n) is 5.77. The highest BCUT2D eigenvalue weighted by molar-refractivity contribution is 5.81. The quantitative estimate of drug-likeness (QED) is 0.766. The van der Waals surface area contributed by atoms with Crippen LogP contribution in [-0.4, -0.2) is 66.6 Å². The van der Waals surface area contributed by atoms with E-state index >= 15 is 0 Å². The first kappa shape index (κ1) is 20.2. The summed E-state index contributed by atoms with van der Waals surface area (Å²) >= 11 is 0. The number of urea groups is 1. The lowest BCUT2D eigenvalue weighted by atomic mass is 9.88. The van der Waals surface area contributed by atoms with Crippen LogP contribution in [0.3, 0.4) is 0 Å². The van der Waals surface area contributed by atoms with Gasteiger partial charge in [-0.25, -0.2) is 4.79 Å². The number of piperidine rings is 1. The summed E-state index contributed by atoms with van der Waals surface area (Å²) < 4.78 is 49.0. The van der Waals surface area contributed by atoms with Crippen molar-refractivity contribution in [3.63, 3.8) is 0 Å². The molecule has 3 fully saturated rings. The van der Waals surface area contributed by atoms with E-state index in [1.165, 1.54) is 12.1 Å². The number of carbonyl (C=O) groups is 2. The zero-order valence-electron chi connectivity index (χ0n) is 15.9. The van der Waals surface area contributed by atoms with Crippen molar-refractivity contribution in [1.29, 1.82) is 0 Å². The second kappa shape index (κ2) is 7.95. The van der Waals surface area contributed by atoms with Crippen molar-refractivity contribution in [1.82, 2.24) is 9.80 Å². The summed E-state index contributed by atoms with van der Waals surface area (Å²) in [4.78, 5) is 27.7. The molecule has 158 valence electrons. The summed E-state index contributed by atoms with van der Waals surface area (Å²) in [7, 11) is 0. The largest absolute Gasteiger partial charge is 0.416 e. The van der Waals surface area contributed by atoms with E-state index < -0.39 is 11.7 Å². The van der Waals surface area contributed by atoms with E-state index in [0.717, 1.165) is 18.6 Å². The molecule has 1 aromatic carbocycles. The predicted octanol–water partition coefficient (Wildman–Crippen LogP) is 2.71. The highest BCUT2D eigenvalue weighted by Crippen LogP contribution is 2.30. The molecule has 3 heterocycles. The monoisotopic (exact) mass is 412 g/mol. The molecular weight excluding hydrogens is 389 g/mol. The molecule has 9 heteroatoms. The Kier molecular flexibility index (Phi) is 5.52. The van der Waals surface area contributed by atoms with Gasteiger partial charge in [-0.05, 0) is 24.1 Å². The van der Waals surface area contributed by atoms with E-state index in [1.807, 2.05) is 0 Å². The molecule has 0 unspecified atom stereocenters. The normalized spacial score (nSPS) is 25.6. The van der Waals surface area contributed by atoms with E-state index in [2.05, 4.69) is 0 Å². The van der Waals surface area contributed by atoms with Crippen LogP contribution >= 0.6 is 0 Å². The number of hydrogen-bond donors (Lipinski definition) is 0. The number of nitrogens with zero attached hydrogens (tertiary/aromatic N) is 2. The van der Waals surface area contributed by atoms with Gasteiger partial charge in [-0.3, -0.25) is 4.79 Å². The Balaban J connectivity index is 1.21. The fourth-order valence-electron chi connectivity index (χ4n) is 4.05. The maximum atomic E-state index is 12.7. The van der Waals surface area contributed by atoms with Gasteiger partial charge in [0.1, 0.15) is 6.61 Å². The summed E-state index contributed by atoms with van der Waals surface area (Å²) in [5, 5.41) is 0. The Morgan fingerprint density at radius 2 is 1.86 bits per heavy atom. The van der Waals surface area contributed by atoms with Gasteiger partial charge in [-0.1, -0.05) is 12.1 Å². The number of rotatable bonds is 3. The lowest BCUT2D eigenvalue weighted by Crippen LogP contribution is -2.61. The second-order valence-electron chi connectivity index (χ2n) is 7.90. The third kappa shape index (κ3) is 4.56. The van der Waals surface area contributed by atoms with Crippen molar-refractivity contribution in [2.75, 3.05) is 32.8 Å². The van der Waals surface area contributed by atoms with Crippen LogP contribution in [0, 0.1) is 5.92 Å². The highest BCUT2D eigenvalue weighted by atomic mass is 19.4. The average Bonchev–Trinajstić information content (AvgIpc) is 2.65. The fourth-order valence-corrected chi connectivity index (χ4v) is 4.05. The molecule has 2 amide bonds.